The van der Waals surface area contributed by atoms with Crippen molar-refractivity contribution in [2.45, 2.75) is 25.3 Å². The topological polar surface area (TPSA) is 101 Å². The van der Waals surface area contributed by atoms with Gasteiger partial charge in [0.05, 0.1) is 5.57 Å². The SMILES string of the molecule is CC(C)N1C=CC=C(C(N)=O)C1S(=O)(=O)O. The number of hydrogen-bond acceptors (Lipinski definition) is 4. The minimum absolute atomic E-state index is 0.140. The molecule has 0 aliphatic carbocycles. The third-order valence-electron chi connectivity index (χ3n) is 2.23. The van der Waals surface area contributed by atoms with Gasteiger partial charge in [0.1, 0.15) is 0 Å². The van der Waals surface area contributed by atoms with Crippen LogP contribution in [-0.2, 0) is 14.9 Å². The van der Waals surface area contributed by atoms with Crippen LogP contribution in [0.4, 0.5) is 0 Å². The second-order valence-electron chi connectivity index (χ2n) is 3.74. The lowest BCUT2D eigenvalue weighted by molar-refractivity contribution is -0.115. The molecule has 0 spiro atoms. The minimum Gasteiger partial charge on any atom is -0.366 e. The molecule has 1 amide bonds. The summed E-state index contributed by atoms with van der Waals surface area (Å²) in [5, 5.41) is -1.42. The Hall–Kier alpha value is -1.34. The molecule has 1 aliphatic rings. The quantitative estimate of drug-likeness (QED) is 0.674. The molecule has 1 heterocycles. The van der Waals surface area contributed by atoms with Gasteiger partial charge < -0.3 is 10.6 Å². The lowest BCUT2D eigenvalue weighted by Gasteiger charge is -2.34. The molecule has 0 bridgehead atoms. The van der Waals surface area contributed by atoms with Crippen molar-refractivity contribution < 1.29 is 17.8 Å². The average Bonchev–Trinajstić information content (AvgIpc) is 2.15. The molecule has 0 fully saturated rings. The van der Waals surface area contributed by atoms with Gasteiger partial charge in [0.15, 0.2) is 5.37 Å². The lowest BCUT2D eigenvalue weighted by atomic mass is 10.1. The van der Waals surface area contributed by atoms with E-state index in [0.717, 1.165) is 0 Å². The van der Waals surface area contributed by atoms with Crippen LogP contribution in [0.2, 0.25) is 0 Å². The van der Waals surface area contributed by atoms with Gasteiger partial charge in [-0.1, -0.05) is 0 Å². The van der Waals surface area contributed by atoms with Crippen LogP contribution in [0.5, 0.6) is 0 Å². The standard InChI is InChI=1S/C9H14N2O4S/c1-6(2)11-5-3-4-7(8(10)12)9(11)16(13,14)15/h3-6,9H,1-2H3,(H2,10,12)(H,13,14,15). The first-order valence-corrected chi connectivity index (χ1v) is 6.17. The summed E-state index contributed by atoms with van der Waals surface area (Å²) in [6.07, 6.45) is 4.30. The molecular weight excluding hydrogens is 232 g/mol. The summed E-state index contributed by atoms with van der Waals surface area (Å²) < 4.78 is 31.6. The maximum atomic E-state index is 11.2. The van der Waals surface area contributed by atoms with Crippen LogP contribution < -0.4 is 5.73 Å². The van der Waals surface area contributed by atoms with E-state index in [-0.39, 0.29) is 11.6 Å². The number of carbonyl (C=O) groups excluding carboxylic acids is 1. The Morgan fingerprint density at radius 1 is 1.56 bits per heavy atom. The molecule has 0 aromatic heterocycles. The smallest absolute Gasteiger partial charge is 0.290 e. The van der Waals surface area contributed by atoms with E-state index in [1.54, 1.807) is 13.8 Å². The lowest BCUT2D eigenvalue weighted by Crippen LogP contribution is -2.46. The van der Waals surface area contributed by atoms with E-state index in [2.05, 4.69) is 0 Å². The van der Waals surface area contributed by atoms with Gasteiger partial charge in [0.2, 0.25) is 5.91 Å². The maximum absolute atomic E-state index is 11.2. The molecule has 1 unspecified atom stereocenters. The van der Waals surface area contributed by atoms with Gasteiger partial charge in [-0.05, 0) is 26.0 Å². The van der Waals surface area contributed by atoms with Crippen LogP contribution in [0, 0.1) is 0 Å². The first-order chi connectivity index (χ1) is 7.25. The molecule has 1 rings (SSSR count). The van der Waals surface area contributed by atoms with Crippen molar-refractivity contribution in [1.82, 2.24) is 4.90 Å². The Bertz CT molecular complexity index is 450. The van der Waals surface area contributed by atoms with Crippen molar-refractivity contribution in [3.05, 3.63) is 23.9 Å². The van der Waals surface area contributed by atoms with E-state index in [1.807, 2.05) is 0 Å². The summed E-state index contributed by atoms with van der Waals surface area (Å²) in [7, 11) is -4.41. The number of hydrogen-bond donors (Lipinski definition) is 2. The summed E-state index contributed by atoms with van der Waals surface area (Å²) in [4.78, 5) is 12.5. The largest absolute Gasteiger partial charge is 0.366 e. The fourth-order valence-electron chi connectivity index (χ4n) is 1.53. The van der Waals surface area contributed by atoms with Gasteiger partial charge in [-0.15, -0.1) is 0 Å². The third kappa shape index (κ3) is 2.42. The molecule has 0 saturated heterocycles. The van der Waals surface area contributed by atoms with Crippen LogP contribution in [0.3, 0.4) is 0 Å². The second-order valence-corrected chi connectivity index (χ2v) is 5.21. The predicted molar refractivity (Wildman–Crippen MR) is 58.7 cm³/mol. The Kier molecular flexibility index (Phi) is 3.39. The highest BCUT2D eigenvalue weighted by atomic mass is 32.2. The molecule has 0 saturated carbocycles. The number of carbonyl (C=O) groups is 1. The maximum Gasteiger partial charge on any atom is 0.290 e. The van der Waals surface area contributed by atoms with Gasteiger partial charge in [-0.25, -0.2) is 0 Å². The molecule has 90 valence electrons. The van der Waals surface area contributed by atoms with Crippen molar-refractivity contribution in [3.63, 3.8) is 0 Å². The van der Waals surface area contributed by atoms with Crippen molar-refractivity contribution >= 4 is 16.0 Å². The minimum atomic E-state index is -4.41. The summed E-state index contributed by atoms with van der Waals surface area (Å²) in [6, 6.07) is -0.189. The molecule has 0 aromatic carbocycles. The Labute approximate surface area is 94.2 Å². The van der Waals surface area contributed by atoms with E-state index in [1.165, 1.54) is 23.3 Å². The van der Waals surface area contributed by atoms with E-state index in [0.29, 0.717) is 0 Å². The van der Waals surface area contributed by atoms with Crippen LogP contribution >= 0.6 is 0 Å². The number of allylic oxidation sites excluding steroid dienone is 2. The summed E-state index contributed by atoms with van der Waals surface area (Å²) >= 11 is 0. The normalized spacial score (nSPS) is 21.1. The van der Waals surface area contributed by atoms with Crippen molar-refractivity contribution in [3.8, 4) is 0 Å². The summed E-state index contributed by atoms with van der Waals surface area (Å²) in [6.45, 7) is 3.49. The Morgan fingerprint density at radius 2 is 2.12 bits per heavy atom. The van der Waals surface area contributed by atoms with Crippen LogP contribution in [0.15, 0.2) is 23.9 Å². The van der Waals surface area contributed by atoms with Crippen LogP contribution in [0.1, 0.15) is 13.8 Å². The number of rotatable bonds is 3. The van der Waals surface area contributed by atoms with Gasteiger partial charge in [-0.3, -0.25) is 9.35 Å². The van der Waals surface area contributed by atoms with Gasteiger partial charge >= 0.3 is 0 Å². The Morgan fingerprint density at radius 3 is 2.50 bits per heavy atom. The fourth-order valence-corrected chi connectivity index (χ4v) is 2.67. The fraction of sp³-hybridized carbons (Fsp3) is 0.444. The second kappa shape index (κ2) is 4.26. The Balaban J connectivity index is 3.26. The van der Waals surface area contributed by atoms with E-state index < -0.39 is 21.4 Å². The predicted octanol–water partition coefficient (Wildman–Crippen LogP) is -0.150. The summed E-state index contributed by atoms with van der Waals surface area (Å²) in [5.74, 6) is -0.863. The molecule has 3 N–H and O–H groups in total. The molecule has 1 atom stereocenters. The molecular formula is C9H14N2O4S. The molecule has 7 heteroatoms. The van der Waals surface area contributed by atoms with Crippen molar-refractivity contribution in [1.29, 1.82) is 0 Å². The van der Waals surface area contributed by atoms with Gasteiger partial charge in [-0.2, -0.15) is 8.42 Å². The zero-order valence-corrected chi connectivity index (χ0v) is 9.81. The first-order valence-electron chi connectivity index (χ1n) is 4.67. The zero-order valence-electron chi connectivity index (χ0n) is 8.99. The zero-order chi connectivity index (χ0) is 12.5. The van der Waals surface area contributed by atoms with Crippen molar-refractivity contribution in [2.24, 2.45) is 5.73 Å². The highest BCUT2D eigenvalue weighted by molar-refractivity contribution is 7.86. The molecule has 6 nitrogen and oxygen atoms in total. The van der Waals surface area contributed by atoms with E-state index >= 15 is 0 Å². The highest BCUT2D eigenvalue weighted by Gasteiger charge is 2.37. The van der Waals surface area contributed by atoms with E-state index in [9.17, 15) is 13.2 Å². The number of nitrogens with two attached hydrogens (primary N) is 1. The summed E-state index contributed by atoms with van der Waals surface area (Å²) in [5.41, 5.74) is 4.93. The number of primary amides is 1. The molecule has 0 radical (unpaired) electrons. The number of nitrogens with zero attached hydrogens (tertiary/aromatic N) is 1. The third-order valence-corrected chi connectivity index (χ3v) is 3.30. The first kappa shape index (κ1) is 12.7. The molecule has 16 heavy (non-hydrogen) atoms. The van der Waals surface area contributed by atoms with Crippen LogP contribution in [-0.4, -0.2) is 35.2 Å². The van der Waals surface area contributed by atoms with Gasteiger partial charge in [0, 0.05) is 12.2 Å². The highest BCUT2D eigenvalue weighted by Crippen LogP contribution is 2.23. The molecule has 1 aliphatic heterocycles. The monoisotopic (exact) mass is 246 g/mol. The number of amides is 1. The van der Waals surface area contributed by atoms with Gasteiger partial charge in [0.25, 0.3) is 10.1 Å². The molecule has 0 aromatic rings. The van der Waals surface area contributed by atoms with E-state index in [4.69, 9.17) is 10.3 Å². The average molecular weight is 246 g/mol. The van der Waals surface area contributed by atoms with Crippen LogP contribution in [0.25, 0.3) is 0 Å². The van der Waals surface area contributed by atoms with Crippen molar-refractivity contribution in [2.75, 3.05) is 0 Å².